The van der Waals surface area contributed by atoms with Crippen molar-refractivity contribution < 1.29 is 4.74 Å². The van der Waals surface area contributed by atoms with E-state index in [9.17, 15) is 4.79 Å². The van der Waals surface area contributed by atoms with Crippen LogP contribution in [0.5, 0.6) is 0 Å². The van der Waals surface area contributed by atoms with Gasteiger partial charge in [0.05, 0.1) is 24.2 Å². The fourth-order valence-electron chi connectivity index (χ4n) is 5.34. The molecule has 0 saturated carbocycles. The maximum Gasteiger partial charge on any atom is 0.252 e. The van der Waals surface area contributed by atoms with Crippen molar-refractivity contribution in [3.8, 4) is 0 Å². The van der Waals surface area contributed by atoms with E-state index in [1.165, 1.54) is 5.56 Å². The van der Waals surface area contributed by atoms with Gasteiger partial charge in [0.1, 0.15) is 0 Å². The van der Waals surface area contributed by atoms with Crippen molar-refractivity contribution in [2.75, 3.05) is 13.2 Å². The van der Waals surface area contributed by atoms with Crippen molar-refractivity contribution in [1.82, 2.24) is 30.1 Å². The normalized spacial score (nSPS) is 16.7. The van der Waals surface area contributed by atoms with Gasteiger partial charge >= 0.3 is 0 Å². The molecule has 0 spiro atoms. The molecule has 1 aliphatic heterocycles. The smallest absolute Gasteiger partial charge is 0.252 e. The number of rotatable bonds is 9. The first kappa shape index (κ1) is 24.3. The summed E-state index contributed by atoms with van der Waals surface area (Å²) >= 11 is 0. The quantitative estimate of drug-likeness (QED) is 0.379. The molecule has 36 heavy (non-hydrogen) atoms. The third-order valence-electron chi connectivity index (χ3n) is 7.07. The van der Waals surface area contributed by atoms with E-state index >= 15 is 0 Å². The molecule has 1 N–H and O–H groups in total. The Bertz CT molecular complexity index is 1370. The van der Waals surface area contributed by atoms with Crippen LogP contribution < -0.4 is 5.56 Å². The molecule has 5 rings (SSSR count). The van der Waals surface area contributed by atoms with Crippen molar-refractivity contribution in [3.05, 3.63) is 87.0 Å². The zero-order valence-corrected chi connectivity index (χ0v) is 21.3. The number of aromatic nitrogens is 5. The maximum atomic E-state index is 13.2. The van der Waals surface area contributed by atoms with Crippen molar-refractivity contribution in [3.63, 3.8) is 0 Å². The van der Waals surface area contributed by atoms with Gasteiger partial charge in [-0.05, 0) is 72.2 Å². The molecule has 1 aliphatic rings. The lowest BCUT2D eigenvalue weighted by atomic mass is 10.0. The van der Waals surface area contributed by atoms with E-state index < -0.39 is 0 Å². The lowest BCUT2D eigenvalue weighted by molar-refractivity contribution is 0.0489. The van der Waals surface area contributed by atoms with Gasteiger partial charge < -0.3 is 9.72 Å². The summed E-state index contributed by atoms with van der Waals surface area (Å²) in [6, 6.07) is 16.4. The Morgan fingerprint density at radius 3 is 2.78 bits per heavy atom. The van der Waals surface area contributed by atoms with E-state index in [1.807, 2.05) is 35.9 Å². The largest absolute Gasteiger partial charge is 0.377 e. The van der Waals surface area contributed by atoms with Crippen molar-refractivity contribution in [2.45, 2.75) is 65.3 Å². The lowest BCUT2D eigenvalue weighted by Crippen LogP contribution is -2.37. The third kappa shape index (κ3) is 5.24. The first-order valence-corrected chi connectivity index (χ1v) is 12.8. The number of hydrogen-bond donors (Lipinski definition) is 1. The summed E-state index contributed by atoms with van der Waals surface area (Å²) in [5, 5.41) is 13.8. The molecule has 0 radical (unpaired) electrons. The topological polar surface area (TPSA) is 88.9 Å². The van der Waals surface area contributed by atoms with Crippen molar-refractivity contribution in [1.29, 1.82) is 0 Å². The van der Waals surface area contributed by atoms with Crippen LogP contribution in [-0.4, -0.2) is 49.3 Å². The van der Waals surface area contributed by atoms with Gasteiger partial charge in [-0.1, -0.05) is 48.9 Å². The molecule has 0 unspecified atom stereocenters. The molecule has 3 heterocycles. The zero-order valence-electron chi connectivity index (χ0n) is 21.3. The molecule has 8 nitrogen and oxygen atoms in total. The van der Waals surface area contributed by atoms with E-state index in [0.29, 0.717) is 13.1 Å². The second-order valence-corrected chi connectivity index (χ2v) is 9.84. The molecular weight excluding hydrogens is 452 g/mol. The number of nitrogens with one attached hydrogen (secondary N) is 1. The van der Waals surface area contributed by atoms with Gasteiger partial charge in [-0.25, -0.2) is 4.68 Å². The number of fused-ring (bicyclic) bond motifs is 1. The molecule has 188 valence electrons. The minimum absolute atomic E-state index is 0.0504. The van der Waals surface area contributed by atoms with Gasteiger partial charge in [-0.2, -0.15) is 0 Å². The molecule has 0 bridgehead atoms. The number of benzene rings is 2. The highest BCUT2D eigenvalue weighted by Gasteiger charge is 2.29. The minimum Gasteiger partial charge on any atom is -0.377 e. The van der Waals surface area contributed by atoms with Crippen LogP contribution in [-0.2, 0) is 17.8 Å². The fourth-order valence-corrected chi connectivity index (χ4v) is 5.34. The summed E-state index contributed by atoms with van der Waals surface area (Å²) in [7, 11) is 0. The number of nitrogens with zero attached hydrogens (tertiary/aromatic N) is 5. The van der Waals surface area contributed by atoms with Crippen molar-refractivity contribution >= 4 is 10.9 Å². The zero-order chi connectivity index (χ0) is 25.1. The number of aromatic amines is 1. The van der Waals surface area contributed by atoms with E-state index in [0.717, 1.165) is 65.8 Å². The average Bonchev–Trinajstić information content (AvgIpc) is 3.54. The Kier molecular flexibility index (Phi) is 7.25. The molecule has 4 aromatic rings. The molecule has 2 aromatic carbocycles. The second kappa shape index (κ2) is 10.7. The van der Waals surface area contributed by atoms with Gasteiger partial charge in [-0.15, -0.1) is 5.10 Å². The van der Waals surface area contributed by atoms with Gasteiger partial charge in [0.2, 0.25) is 0 Å². The van der Waals surface area contributed by atoms with E-state index in [-0.39, 0.29) is 17.7 Å². The Morgan fingerprint density at radius 2 is 2.03 bits per heavy atom. The van der Waals surface area contributed by atoms with Gasteiger partial charge in [0, 0.05) is 25.3 Å². The Morgan fingerprint density at radius 1 is 1.19 bits per heavy atom. The third-order valence-corrected chi connectivity index (χ3v) is 7.07. The molecule has 8 heteroatoms. The van der Waals surface area contributed by atoms with Crippen molar-refractivity contribution in [2.24, 2.45) is 0 Å². The number of tetrazole rings is 1. The summed E-state index contributed by atoms with van der Waals surface area (Å²) in [6.45, 7) is 8.87. The molecule has 1 saturated heterocycles. The van der Waals surface area contributed by atoms with E-state index in [2.05, 4.69) is 63.5 Å². The Balaban J connectivity index is 1.49. The molecule has 0 aliphatic carbocycles. The molecule has 2 aromatic heterocycles. The van der Waals surface area contributed by atoms with E-state index in [1.54, 1.807) is 0 Å². The minimum atomic E-state index is -0.0535. The summed E-state index contributed by atoms with van der Waals surface area (Å²) in [5.74, 6) is 0.809. The van der Waals surface area contributed by atoms with Crippen LogP contribution in [0.15, 0.2) is 53.3 Å². The Hall–Kier alpha value is -3.36. The average molecular weight is 487 g/mol. The summed E-state index contributed by atoms with van der Waals surface area (Å²) in [6.07, 6.45) is 3.04. The van der Waals surface area contributed by atoms with Gasteiger partial charge in [0.25, 0.3) is 5.56 Å². The van der Waals surface area contributed by atoms with Crippen LogP contribution in [0.1, 0.15) is 60.3 Å². The second-order valence-electron chi connectivity index (χ2n) is 9.84. The van der Waals surface area contributed by atoms with Crippen LogP contribution in [0.2, 0.25) is 0 Å². The molecule has 1 fully saturated rings. The predicted molar refractivity (Wildman–Crippen MR) is 140 cm³/mol. The monoisotopic (exact) mass is 486 g/mol. The number of ether oxygens (including phenoxy) is 1. The summed E-state index contributed by atoms with van der Waals surface area (Å²) in [4.78, 5) is 18.6. The SMILES string of the molecule is CC[C@H](c1nnnn1Cc1ccccc1)N(Cc1cc2cc(C)cc(C)c2[nH]c1=O)C[C@H]1CCCO1. The molecule has 0 amide bonds. The molecular formula is C28H34N6O2. The van der Waals surface area contributed by atoms with Crippen LogP contribution in [0.25, 0.3) is 10.9 Å². The number of aryl methyl sites for hydroxylation is 2. The highest BCUT2D eigenvalue weighted by atomic mass is 16.5. The summed E-state index contributed by atoms with van der Waals surface area (Å²) < 4.78 is 7.88. The number of pyridine rings is 1. The van der Waals surface area contributed by atoms with Gasteiger partial charge in [-0.3, -0.25) is 9.69 Å². The standard InChI is InChI=1S/C28H34N6O2/c1-4-25(27-30-31-32-34(27)16-21-9-6-5-7-10-21)33(18-24-11-8-12-36-24)17-23-15-22-14-19(2)13-20(3)26(22)29-28(23)35/h5-7,9-10,13-15,24-25H,4,8,11-12,16-18H2,1-3H3,(H,29,35)/t24-,25-/m1/s1. The highest BCUT2D eigenvalue weighted by Crippen LogP contribution is 2.27. The predicted octanol–water partition coefficient (Wildman–Crippen LogP) is 4.31. The Labute approximate surface area is 211 Å². The van der Waals surface area contributed by atoms with E-state index in [4.69, 9.17) is 4.74 Å². The van der Waals surface area contributed by atoms with Crippen LogP contribution in [0.3, 0.4) is 0 Å². The summed E-state index contributed by atoms with van der Waals surface area (Å²) in [5.41, 5.74) is 5.00. The van der Waals surface area contributed by atoms with Crippen LogP contribution in [0, 0.1) is 13.8 Å². The van der Waals surface area contributed by atoms with Crippen LogP contribution >= 0.6 is 0 Å². The number of hydrogen-bond acceptors (Lipinski definition) is 6. The fraction of sp³-hybridized carbons (Fsp3) is 0.429. The lowest BCUT2D eigenvalue weighted by Gasteiger charge is -2.32. The maximum absolute atomic E-state index is 13.2. The van der Waals surface area contributed by atoms with Crippen LogP contribution in [0.4, 0.5) is 0 Å². The first-order valence-electron chi connectivity index (χ1n) is 12.8. The first-order chi connectivity index (χ1) is 17.5. The molecule has 2 atom stereocenters. The number of H-pyrrole nitrogens is 1. The highest BCUT2D eigenvalue weighted by molar-refractivity contribution is 5.82. The van der Waals surface area contributed by atoms with Gasteiger partial charge in [0.15, 0.2) is 5.82 Å².